The minimum Gasteiger partial charge on any atom is -0.391 e. The third-order valence-corrected chi connectivity index (χ3v) is 3.24. The number of rotatable bonds is 4. The quantitative estimate of drug-likeness (QED) is 0.743. The molecular formula is C11H23NO2. The molecule has 1 aliphatic rings. The van der Waals surface area contributed by atoms with Gasteiger partial charge in [-0.15, -0.1) is 0 Å². The monoisotopic (exact) mass is 201 g/mol. The highest BCUT2D eigenvalue weighted by atomic mass is 16.5. The van der Waals surface area contributed by atoms with Gasteiger partial charge >= 0.3 is 0 Å². The molecule has 0 radical (unpaired) electrons. The van der Waals surface area contributed by atoms with Crippen LogP contribution in [-0.4, -0.2) is 48.0 Å². The number of nitrogens with zero attached hydrogens (tertiary/aromatic N) is 1. The Morgan fingerprint density at radius 2 is 2.21 bits per heavy atom. The van der Waals surface area contributed by atoms with Gasteiger partial charge in [0, 0.05) is 12.6 Å². The van der Waals surface area contributed by atoms with Crippen LogP contribution in [0, 0.1) is 0 Å². The molecule has 0 amide bonds. The first-order valence-electron chi connectivity index (χ1n) is 5.72. The van der Waals surface area contributed by atoms with Crippen LogP contribution in [0.15, 0.2) is 0 Å². The van der Waals surface area contributed by atoms with Gasteiger partial charge in [-0.25, -0.2) is 0 Å². The first kappa shape index (κ1) is 12.0. The Morgan fingerprint density at radius 1 is 1.50 bits per heavy atom. The molecule has 0 saturated carbocycles. The SMILES string of the molecule is CCC(C)N(CC)C1COCCC1O. The molecule has 0 spiro atoms. The molecule has 1 heterocycles. The van der Waals surface area contributed by atoms with Gasteiger partial charge in [-0.2, -0.15) is 0 Å². The van der Waals surface area contributed by atoms with E-state index in [9.17, 15) is 5.11 Å². The van der Waals surface area contributed by atoms with E-state index in [2.05, 4.69) is 25.7 Å². The van der Waals surface area contributed by atoms with Gasteiger partial charge in [0.2, 0.25) is 0 Å². The van der Waals surface area contributed by atoms with E-state index >= 15 is 0 Å². The summed E-state index contributed by atoms with van der Waals surface area (Å²) >= 11 is 0. The zero-order valence-corrected chi connectivity index (χ0v) is 9.57. The topological polar surface area (TPSA) is 32.7 Å². The molecular weight excluding hydrogens is 178 g/mol. The summed E-state index contributed by atoms with van der Waals surface area (Å²) in [5.41, 5.74) is 0. The third kappa shape index (κ3) is 2.69. The van der Waals surface area contributed by atoms with Crippen LogP contribution in [0.5, 0.6) is 0 Å². The molecule has 0 aromatic carbocycles. The fourth-order valence-electron chi connectivity index (χ4n) is 2.14. The van der Waals surface area contributed by atoms with Gasteiger partial charge in [-0.1, -0.05) is 13.8 Å². The average molecular weight is 201 g/mol. The first-order valence-corrected chi connectivity index (χ1v) is 5.72. The number of likely N-dealkylation sites (N-methyl/N-ethyl adjacent to an activating group) is 1. The van der Waals surface area contributed by atoms with Crippen molar-refractivity contribution in [2.45, 2.75) is 51.8 Å². The lowest BCUT2D eigenvalue weighted by molar-refractivity contribution is -0.0704. The molecule has 3 atom stereocenters. The van der Waals surface area contributed by atoms with Gasteiger partial charge < -0.3 is 9.84 Å². The summed E-state index contributed by atoms with van der Waals surface area (Å²) in [5, 5.41) is 9.89. The lowest BCUT2D eigenvalue weighted by Gasteiger charge is -2.40. The molecule has 1 fully saturated rings. The van der Waals surface area contributed by atoms with Gasteiger partial charge in [0.15, 0.2) is 0 Å². The van der Waals surface area contributed by atoms with Crippen molar-refractivity contribution >= 4 is 0 Å². The highest BCUT2D eigenvalue weighted by Crippen LogP contribution is 2.17. The summed E-state index contributed by atoms with van der Waals surface area (Å²) < 4.78 is 5.43. The number of aliphatic hydroxyl groups excluding tert-OH is 1. The Balaban J connectivity index is 2.57. The van der Waals surface area contributed by atoms with Gasteiger partial charge in [-0.3, -0.25) is 4.90 Å². The maximum atomic E-state index is 9.89. The van der Waals surface area contributed by atoms with Gasteiger partial charge in [0.25, 0.3) is 0 Å². The van der Waals surface area contributed by atoms with Gasteiger partial charge in [-0.05, 0) is 26.3 Å². The smallest absolute Gasteiger partial charge is 0.0739 e. The largest absolute Gasteiger partial charge is 0.391 e. The molecule has 0 bridgehead atoms. The molecule has 1 N–H and O–H groups in total. The molecule has 84 valence electrons. The van der Waals surface area contributed by atoms with Crippen LogP contribution in [0.25, 0.3) is 0 Å². The normalized spacial score (nSPS) is 30.6. The molecule has 3 heteroatoms. The summed E-state index contributed by atoms with van der Waals surface area (Å²) in [5.74, 6) is 0. The molecule has 0 aliphatic carbocycles. The minimum absolute atomic E-state index is 0.198. The average Bonchev–Trinajstić information content (AvgIpc) is 2.21. The van der Waals surface area contributed by atoms with Crippen LogP contribution in [0.4, 0.5) is 0 Å². The highest BCUT2D eigenvalue weighted by molar-refractivity contribution is 4.83. The van der Waals surface area contributed by atoms with Crippen LogP contribution in [0.1, 0.15) is 33.6 Å². The summed E-state index contributed by atoms with van der Waals surface area (Å²) in [6.07, 6.45) is 1.69. The maximum absolute atomic E-state index is 9.89. The van der Waals surface area contributed by atoms with Gasteiger partial charge in [0.05, 0.1) is 18.8 Å². The van der Waals surface area contributed by atoms with Crippen molar-refractivity contribution in [3.63, 3.8) is 0 Å². The zero-order chi connectivity index (χ0) is 10.6. The molecule has 0 aromatic heterocycles. The second-order valence-corrected chi connectivity index (χ2v) is 4.09. The second kappa shape index (κ2) is 5.69. The van der Waals surface area contributed by atoms with E-state index in [0.29, 0.717) is 19.3 Å². The van der Waals surface area contributed by atoms with Crippen LogP contribution in [-0.2, 0) is 4.74 Å². The molecule has 1 rings (SSSR count). The van der Waals surface area contributed by atoms with Crippen molar-refractivity contribution < 1.29 is 9.84 Å². The fourth-order valence-corrected chi connectivity index (χ4v) is 2.14. The predicted molar refractivity (Wildman–Crippen MR) is 57.4 cm³/mol. The second-order valence-electron chi connectivity index (χ2n) is 4.09. The standard InChI is InChI=1S/C11H23NO2/c1-4-9(3)12(5-2)10-8-14-7-6-11(10)13/h9-11,13H,4-8H2,1-3H3. The predicted octanol–water partition coefficient (Wildman–Crippen LogP) is 1.26. The Bertz CT molecular complexity index is 159. The van der Waals surface area contributed by atoms with Crippen LogP contribution in [0.3, 0.4) is 0 Å². The molecule has 1 saturated heterocycles. The summed E-state index contributed by atoms with van der Waals surface area (Å²) in [6.45, 7) is 8.91. The molecule has 1 aliphatic heterocycles. The number of hydrogen-bond acceptors (Lipinski definition) is 3. The van der Waals surface area contributed by atoms with Crippen molar-refractivity contribution in [3.05, 3.63) is 0 Å². The summed E-state index contributed by atoms with van der Waals surface area (Å²) in [4.78, 5) is 2.35. The van der Waals surface area contributed by atoms with Crippen molar-refractivity contribution in [2.24, 2.45) is 0 Å². The van der Waals surface area contributed by atoms with Crippen molar-refractivity contribution in [2.75, 3.05) is 19.8 Å². The summed E-state index contributed by atoms with van der Waals surface area (Å²) in [6, 6.07) is 0.727. The Kier molecular flexibility index (Phi) is 4.85. The number of ether oxygens (including phenoxy) is 1. The van der Waals surface area contributed by atoms with Crippen LogP contribution >= 0.6 is 0 Å². The van der Waals surface area contributed by atoms with E-state index < -0.39 is 0 Å². The van der Waals surface area contributed by atoms with E-state index in [4.69, 9.17) is 4.74 Å². The van der Waals surface area contributed by atoms with Crippen LogP contribution < -0.4 is 0 Å². The van der Waals surface area contributed by atoms with E-state index in [1.807, 2.05) is 0 Å². The molecule has 0 aromatic rings. The van der Waals surface area contributed by atoms with E-state index in [0.717, 1.165) is 19.4 Å². The van der Waals surface area contributed by atoms with Crippen molar-refractivity contribution in [3.8, 4) is 0 Å². The third-order valence-electron chi connectivity index (χ3n) is 3.24. The van der Waals surface area contributed by atoms with Crippen molar-refractivity contribution in [1.82, 2.24) is 4.90 Å². The Labute approximate surface area is 87.1 Å². The zero-order valence-electron chi connectivity index (χ0n) is 9.57. The Morgan fingerprint density at radius 3 is 2.71 bits per heavy atom. The number of hydrogen-bond donors (Lipinski definition) is 1. The van der Waals surface area contributed by atoms with E-state index in [1.165, 1.54) is 0 Å². The number of aliphatic hydroxyl groups is 1. The molecule has 14 heavy (non-hydrogen) atoms. The van der Waals surface area contributed by atoms with Gasteiger partial charge in [0.1, 0.15) is 0 Å². The highest BCUT2D eigenvalue weighted by Gasteiger charge is 2.30. The Hall–Kier alpha value is -0.120. The summed E-state index contributed by atoms with van der Waals surface area (Å²) in [7, 11) is 0. The fraction of sp³-hybridized carbons (Fsp3) is 1.00. The first-order chi connectivity index (χ1) is 6.70. The molecule has 3 nitrogen and oxygen atoms in total. The lowest BCUT2D eigenvalue weighted by Crippen LogP contribution is -2.52. The maximum Gasteiger partial charge on any atom is 0.0739 e. The lowest BCUT2D eigenvalue weighted by atomic mass is 10.0. The van der Waals surface area contributed by atoms with E-state index in [1.54, 1.807) is 0 Å². The van der Waals surface area contributed by atoms with Crippen molar-refractivity contribution in [1.29, 1.82) is 0 Å². The minimum atomic E-state index is -0.210. The molecule has 3 unspecified atom stereocenters. The van der Waals surface area contributed by atoms with E-state index in [-0.39, 0.29) is 12.1 Å². The van der Waals surface area contributed by atoms with Crippen LogP contribution in [0.2, 0.25) is 0 Å².